The first-order valence-electron chi connectivity index (χ1n) is 7.08. The second kappa shape index (κ2) is 7.21. The van der Waals surface area contributed by atoms with Crippen molar-refractivity contribution in [3.05, 3.63) is 55.6 Å². The summed E-state index contributed by atoms with van der Waals surface area (Å²) < 4.78 is 12.6. The van der Waals surface area contributed by atoms with Gasteiger partial charge in [-0.25, -0.2) is 4.79 Å². The highest BCUT2D eigenvalue weighted by Crippen LogP contribution is 2.35. The molecule has 0 aromatic heterocycles. The second-order valence-corrected chi connectivity index (χ2v) is 8.23. The number of rotatable bonds is 3. The van der Waals surface area contributed by atoms with Gasteiger partial charge in [0, 0.05) is 13.6 Å². The third-order valence-electron chi connectivity index (χ3n) is 3.35. The lowest BCUT2D eigenvalue weighted by atomic mass is 9.86. The maximum absolute atomic E-state index is 12.5. The molecule has 0 radical (unpaired) electrons. The number of carbonyl (C=O) groups excluding carboxylic acids is 1. The third kappa shape index (κ3) is 4.47. The smallest absolute Gasteiger partial charge is 0.344 e. The molecule has 0 aliphatic carbocycles. The van der Waals surface area contributed by atoms with E-state index in [9.17, 15) is 4.79 Å². The predicted octanol–water partition coefficient (Wildman–Crippen LogP) is 5.58. The number of carbonyl (C=O) groups is 1. The number of methoxy groups -OCH3 is 1. The van der Waals surface area contributed by atoms with Crippen LogP contribution in [0.2, 0.25) is 0 Å². The summed E-state index contributed by atoms with van der Waals surface area (Å²) in [7, 11) is 1.62. The quantitative estimate of drug-likeness (QED) is 0.321. The van der Waals surface area contributed by atoms with Crippen molar-refractivity contribution in [2.75, 3.05) is 7.11 Å². The van der Waals surface area contributed by atoms with E-state index in [1.165, 1.54) is 0 Å². The lowest BCUT2D eigenvalue weighted by Crippen LogP contribution is -2.17. The molecule has 122 valence electrons. The third-order valence-corrected chi connectivity index (χ3v) is 4.71. The van der Waals surface area contributed by atoms with Crippen molar-refractivity contribution >= 4 is 44.5 Å². The first kappa shape index (κ1) is 18.3. The van der Waals surface area contributed by atoms with Gasteiger partial charge in [-0.15, -0.1) is 0 Å². The minimum Gasteiger partial charge on any atom is -0.497 e. The van der Waals surface area contributed by atoms with Gasteiger partial charge in [-0.1, -0.05) is 20.8 Å². The molecule has 23 heavy (non-hydrogen) atoms. The van der Waals surface area contributed by atoms with Crippen molar-refractivity contribution in [3.63, 3.8) is 0 Å². The summed E-state index contributed by atoms with van der Waals surface area (Å²) in [5.74, 6) is 0.908. The van der Waals surface area contributed by atoms with E-state index < -0.39 is 0 Å². The number of esters is 1. The Morgan fingerprint density at radius 3 is 2.43 bits per heavy atom. The van der Waals surface area contributed by atoms with Crippen molar-refractivity contribution in [1.29, 1.82) is 0 Å². The first-order chi connectivity index (χ1) is 10.7. The monoisotopic (exact) mass is 488 g/mol. The highest BCUT2D eigenvalue weighted by Gasteiger charge is 2.22. The summed E-state index contributed by atoms with van der Waals surface area (Å²) in [5.41, 5.74) is 1.26. The average Bonchev–Trinajstić information content (AvgIpc) is 2.49. The van der Waals surface area contributed by atoms with Crippen LogP contribution in [0.25, 0.3) is 0 Å². The largest absolute Gasteiger partial charge is 0.497 e. The summed E-state index contributed by atoms with van der Waals surface area (Å²) >= 11 is 5.57. The molecule has 0 bridgehead atoms. The fourth-order valence-electron chi connectivity index (χ4n) is 2.12. The van der Waals surface area contributed by atoms with Crippen molar-refractivity contribution in [2.24, 2.45) is 0 Å². The van der Waals surface area contributed by atoms with Crippen LogP contribution >= 0.6 is 38.5 Å². The standard InChI is InChI=1S/C18H18BrIO3/c1-18(2,3)14-10-12(22-4)6-8-16(14)23-17(21)13-9-11(20)5-7-15(13)19/h5-10H,1-4H3. The minimum absolute atomic E-state index is 0.174. The molecule has 0 atom stereocenters. The lowest BCUT2D eigenvalue weighted by molar-refractivity contribution is 0.0730. The maximum atomic E-state index is 12.5. The highest BCUT2D eigenvalue weighted by atomic mass is 127. The van der Waals surface area contributed by atoms with E-state index in [4.69, 9.17) is 9.47 Å². The lowest BCUT2D eigenvalue weighted by Gasteiger charge is -2.23. The molecular weight excluding hydrogens is 471 g/mol. The molecule has 5 heteroatoms. The number of hydrogen-bond donors (Lipinski definition) is 0. The molecule has 0 unspecified atom stereocenters. The van der Waals surface area contributed by atoms with Crippen LogP contribution < -0.4 is 9.47 Å². The van der Waals surface area contributed by atoms with Crippen LogP contribution in [0.3, 0.4) is 0 Å². The zero-order chi connectivity index (χ0) is 17.2. The van der Waals surface area contributed by atoms with Gasteiger partial charge in [-0.2, -0.15) is 0 Å². The topological polar surface area (TPSA) is 35.5 Å². The number of benzene rings is 2. The Hall–Kier alpha value is -1.08. The molecule has 0 aliphatic rings. The molecule has 2 aromatic carbocycles. The summed E-state index contributed by atoms with van der Waals surface area (Å²) in [4.78, 5) is 12.5. The predicted molar refractivity (Wildman–Crippen MR) is 104 cm³/mol. The van der Waals surface area contributed by atoms with E-state index >= 15 is 0 Å². The van der Waals surface area contributed by atoms with Crippen LogP contribution in [0.4, 0.5) is 0 Å². The SMILES string of the molecule is COc1ccc(OC(=O)c2cc(I)ccc2Br)c(C(C)(C)C)c1. The Labute approximate surface area is 158 Å². The van der Waals surface area contributed by atoms with Crippen LogP contribution in [0, 0.1) is 3.57 Å². The molecule has 0 heterocycles. The van der Waals surface area contributed by atoms with E-state index in [0.717, 1.165) is 14.9 Å². The molecule has 0 saturated heterocycles. The van der Waals surface area contributed by atoms with E-state index in [0.29, 0.717) is 15.8 Å². The Morgan fingerprint density at radius 1 is 1.13 bits per heavy atom. The number of ether oxygens (including phenoxy) is 2. The van der Waals surface area contributed by atoms with Gasteiger partial charge in [0.25, 0.3) is 0 Å². The summed E-state index contributed by atoms with van der Waals surface area (Å²) in [6.07, 6.45) is 0. The fraction of sp³-hybridized carbons (Fsp3) is 0.278. The minimum atomic E-state index is -0.383. The van der Waals surface area contributed by atoms with Gasteiger partial charge in [0.1, 0.15) is 11.5 Å². The number of halogens is 2. The fourth-order valence-corrected chi connectivity index (χ4v) is 3.02. The normalized spacial score (nSPS) is 11.2. The van der Waals surface area contributed by atoms with Gasteiger partial charge in [0.2, 0.25) is 0 Å². The molecular formula is C18H18BrIO3. The van der Waals surface area contributed by atoms with Crippen molar-refractivity contribution < 1.29 is 14.3 Å². The van der Waals surface area contributed by atoms with Gasteiger partial charge in [-0.3, -0.25) is 0 Å². The van der Waals surface area contributed by atoms with E-state index in [2.05, 4.69) is 59.3 Å². The van der Waals surface area contributed by atoms with Gasteiger partial charge in [-0.05, 0) is 80.3 Å². The highest BCUT2D eigenvalue weighted by molar-refractivity contribution is 14.1. The summed E-state index contributed by atoms with van der Waals surface area (Å²) in [5, 5.41) is 0. The molecule has 0 aliphatic heterocycles. The van der Waals surface area contributed by atoms with E-state index in [1.54, 1.807) is 25.3 Å². The van der Waals surface area contributed by atoms with Crippen molar-refractivity contribution in [1.82, 2.24) is 0 Å². The molecule has 0 amide bonds. The summed E-state index contributed by atoms with van der Waals surface area (Å²) in [6, 6.07) is 11.0. The molecule has 0 saturated carbocycles. The molecule has 0 spiro atoms. The van der Waals surface area contributed by atoms with Crippen molar-refractivity contribution in [2.45, 2.75) is 26.2 Å². The Balaban J connectivity index is 2.39. The van der Waals surface area contributed by atoms with Crippen LogP contribution in [-0.4, -0.2) is 13.1 Å². The van der Waals surface area contributed by atoms with Gasteiger partial charge >= 0.3 is 5.97 Å². The van der Waals surface area contributed by atoms with Gasteiger partial charge < -0.3 is 9.47 Å². The second-order valence-electron chi connectivity index (χ2n) is 6.13. The number of hydrogen-bond acceptors (Lipinski definition) is 3. The maximum Gasteiger partial charge on any atom is 0.344 e. The Morgan fingerprint density at radius 2 is 1.83 bits per heavy atom. The molecule has 2 aromatic rings. The van der Waals surface area contributed by atoms with Gasteiger partial charge in [0.15, 0.2) is 0 Å². The zero-order valence-corrected chi connectivity index (χ0v) is 17.2. The molecule has 0 N–H and O–H groups in total. The molecule has 0 fully saturated rings. The van der Waals surface area contributed by atoms with Crippen LogP contribution in [0.5, 0.6) is 11.5 Å². The average molecular weight is 489 g/mol. The summed E-state index contributed by atoms with van der Waals surface area (Å²) in [6.45, 7) is 6.21. The van der Waals surface area contributed by atoms with Crippen molar-refractivity contribution in [3.8, 4) is 11.5 Å². The zero-order valence-electron chi connectivity index (χ0n) is 13.4. The van der Waals surface area contributed by atoms with Crippen LogP contribution in [0.15, 0.2) is 40.9 Å². The van der Waals surface area contributed by atoms with Gasteiger partial charge in [0.05, 0.1) is 12.7 Å². The van der Waals surface area contributed by atoms with E-state index in [1.807, 2.05) is 18.2 Å². The molecule has 2 rings (SSSR count). The molecule has 3 nitrogen and oxygen atoms in total. The first-order valence-corrected chi connectivity index (χ1v) is 8.95. The Bertz CT molecular complexity index is 736. The van der Waals surface area contributed by atoms with Crippen LogP contribution in [0.1, 0.15) is 36.7 Å². The van der Waals surface area contributed by atoms with E-state index in [-0.39, 0.29) is 11.4 Å². The Kier molecular flexibility index (Phi) is 5.73. The van der Waals surface area contributed by atoms with Crippen LogP contribution in [-0.2, 0) is 5.41 Å².